The molecule has 136 valence electrons. The summed E-state index contributed by atoms with van der Waals surface area (Å²) in [5.41, 5.74) is 2.92. The molecule has 0 aliphatic heterocycles. The van der Waals surface area contributed by atoms with Crippen molar-refractivity contribution in [1.82, 2.24) is 29.4 Å². The van der Waals surface area contributed by atoms with Crippen LogP contribution in [0.2, 0.25) is 0 Å². The van der Waals surface area contributed by atoms with E-state index in [9.17, 15) is 4.79 Å². The van der Waals surface area contributed by atoms with Gasteiger partial charge in [0.2, 0.25) is 0 Å². The number of carbonyl (C=O) groups excluding carboxylic acids is 1. The number of pyridine rings is 1. The van der Waals surface area contributed by atoms with Crippen molar-refractivity contribution < 1.29 is 4.79 Å². The Morgan fingerprint density at radius 1 is 1.19 bits per heavy atom. The van der Waals surface area contributed by atoms with Gasteiger partial charge in [0.15, 0.2) is 5.65 Å². The van der Waals surface area contributed by atoms with Crippen LogP contribution in [0.25, 0.3) is 16.9 Å². The highest BCUT2D eigenvalue weighted by molar-refractivity contribution is 5.96. The first kappa shape index (κ1) is 17.0. The van der Waals surface area contributed by atoms with Gasteiger partial charge in [-0.15, -0.1) is 0 Å². The van der Waals surface area contributed by atoms with E-state index in [0.717, 1.165) is 17.8 Å². The molecule has 0 fully saturated rings. The van der Waals surface area contributed by atoms with Crippen molar-refractivity contribution in [2.24, 2.45) is 0 Å². The van der Waals surface area contributed by atoms with Gasteiger partial charge in [-0.25, -0.2) is 15.0 Å². The summed E-state index contributed by atoms with van der Waals surface area (Å²) in [6.07, 6.45) is 9.60. The molecule has 0 spiro atoms. The summed E-state index contributed by atoms with van der Waals surface area (Å²) in [6.45, 7) is 2.67. The summed E-state index contributed by atoms with van der Waals surface area (Å²) in [7, 11) is 0. The number of para-hydroxylation sites is 1. The van der Waals surface area contributed by atoms with E-state index in [4.69, 9.17) is 0 Å². The standard InChI is InChI=1S/C20H20N6O/c1-15(25-10-9-21-13-25)7-8-22-20(27)16-11-18-19(23-12-16)26(14-24-18)17-5-3-2-4-6-17/h2-6,9-15H,7-8H2,1H3,(H,22,27). The summed E-state index contributed by atoms with van der Waals surface area (Å²) in [6, 6.07) is 11.9. The summed E-state index contributed by atoms with van der Waals surface area (Å²) >= 11 is 0. The molecule has 7 nitrogen and oxygen atoms in total. The number of carbonyl (C=O) groups is 1. The Labute approximate surface area is 156 Å². The molecule has 1 unspecified atom stereocenters. The average molecular weight is 360 g/mol. The van der Waals surface area contributed by atoms with Crippen LogP contribution in [0.1, 0.15) is 29.7 Å². The monoisotopic (exact) mass is 360 g/mol. The number of amides is 1. The molecule has 0 bridgehead atoms. The van der Waals surface area contributed by atoms with E-state index in [-0.39, 0.29) is 11.9 Å². The normalized spacial score (nSPS) is 12.2. The van der Waals surface area contributed by atoms with E-state index >= 15 is 0 Å². The van der Waals surface area contributed by atoms with E-state index in [2.05, 4.69) is 27.2 Å². The maximum atomic E-state index is 12.4. The Balaban J connectivity index is 1.44. The van der Waals surface area contributed by atoms with E-state index in [1.54, 1.807) is 31.1 Å². The summed E-state index contributed by atoms with van der Waals surface area (Å²) < 4.78 is 3.93. The van der Waals surface area contributed by atoms with Crippen molar-refractivity contribution >= 4 is 17.1 Å². The van der Waals surface area contributed by atoms with Crippen molar-refractivity contribution in [2.75, 3.05) is 6.54 Å². The second-order valence-corrected chi connectivity index (χ2v) is 6.42. The highest BCUT2D eigenvalue weighted by atomic mass is 16.1. The van der Waals surface area contributed by atoms with Gasteiger partial charge in [-0.1, -0.05) is 18.2 Å². The van der Waals surface area contributed by atoms with Gasteiger partial charge in [-0.05, 0) is 31.5 Å². The quantitative estimate of drug-likeness (QED) is 0.573. The van der Waals surface area contributed by atoms with Crippen molar-refractivity contribution in [3.63, 3.8) is 0 Å². The number of benzene rings is 1. The lowest BCUT2D eigenvalue weighted by molar-refractivity contribution is 0.0951. The molecule has 0 aliphatic rings. The number of rotatable bonds is 6. The van der Waals surface area contributed by atoms with Gasteiger partial charge >= 0.3 is 0 Å². The number of hydrogen-bond donors (Lipinski definition) is 1. The molecule has 0 aliphatic carbocycles. The van der Waals surface area contributed by atoms with Crippen molar-refractivity contribution in [1.29, 1.82) is 0 Å². The largest absolute Gasteiger partial charge is 0.352 e. The van der Waals surface area contributed by atoms with Crippen LogP contribution in [-0.2, 0) is 0 Å². The van der Waals surface area contributed by atoms with Gasteiger partial charge in [0.05, 0.1) is 11.9 Å². The molecule has 1 amide bonds. The smallest absolute Gasteiger partial charge is 0.252 e. The Morgan fingerprint density at radius 3 is 2.81 bits per heavy atom. The first-order chi connectivity index (χ1) is 13.2. The molecule has 1 atom stereocenters. The lowest BCUT2D eigenvalue weighted by Gasteiger charge is -2.13. The van der Waals surface area contributed by atoms with E-state index in [1.165, 1.54) is 0 Å². The van der Waals surface area contributed by atoms with Crippen LogP contribution in [0.5, 0.6) is 0 Å². The molecule has 1 N–H and O–H groups in total. The zero-order valence-corrected chi connectivity index (χ0v) is 15.0. The SMILES string of the molecule is CC(CCNC(=O)c1cnc2c(c1)ncn2-c1ccccc1)n1ccnc1. The number of aromatic nitrogens is 5. The first-order valence-electron chi connectivity index (χ1n) is 8.86. The van der Waals surface area contributed by atoms with Crippen LogP contribution in [-0.4, -0.2) is 36.5 Å². The number of hydrogen-bond acceptors (Lipinski definition) is 4. The van der Waals surface area contributed by atoms with E-state index < -0.39 is 0 Å². The molecule has 0 radical (unpaired) electrons. The second kappa shape index (κ2) is 7.41. The third-order valence-electron chi connectivity index (χ3n) is 4.57. The summed E-state index contributed by atoms with van der Waals surface area (Å²) in [5.74, 6) is -0.142. The third kappa shape index (κ3) is 3.57. The predicted octanol–water partition coefficient (Wildman–Crippen LogP) is 3.00. The van der Waals surface area contributed by atoms with E-state index in [1.807, 2.05) is 45.7 Å². The van der Waals surface area contributed by atoms with Crippen LogP contribution < -0.4 is 5.32 Å². The molecule has 0 saturated heterocycles. The summed E-state index contributed by atoms with van der Waals surface area (Å²) in [4.78, 5) is 25.3. The Hall–Kier alpha value is -3.48. The minimum Gasteiger partial charge on any atom is -0.352 e. The van der Waals surface area contributed by atoms with Crippen molar-refractivity contribution in [3.05, 3.63) is 73.2 Å². The van der Waals surface area contributed by atoms with Gasteiger partial charge in [-0.3, -0.25) is 9.36 Å². The first-order valence-corrected chi connectivity index (χ1v) is 8.86. The maximum absolute atomic E-state index is 12.4. The topological polar surface area (TPSA) is 77.6 Å². The number of imidazole rings is 2. The Bertz CT molecular complexity index is 1040. The molecule has 7 heteroatoms. The van der Waals surface area contributed by atoms with Crippen molar-refractivity contribution in [3.8, 4) is 5.69 Å². The summed E-state index contributed by atoms with van der Waals surface area (Å²) in [5, 5.41) is 2.95. The van der Waals surface area contributed by atoms with Crippen LogP contribution in [0, 0.1) is 0 Å². The van der Waals surface area contributed by atoms with Crippen LogP contribution in [0.15, 0.2) is 67.6 Å². The van der Waals surface area contributed by atoms with E-state index in [0.29, 0.717) is 17.6 Å². The van der Waals surface area contributed by atoms with Crippen LogP contribution in [0.3, 0.4) is 0 Å². The molecular weight excluding hydrogens is 340 g/mol. The fraction of sp³-hybridized carbons (Fsp3) is 0.200. The highest BCUT2D eigenvalue weighted by Crippen LogP contribution is 2.17. The fourth-order valence-corrected chi connectivity index (χ4v) is 2.98. The number of fused-ring (bicyclic) bond motifs is 1. The second-order valence-electron chi connectivity index (χ2n) is 6.42. The Kier molecular flexibility index (Phi) is 4.65. The molecular formula is C20H20N6O. The fourth-order valence-electron chi connectivity index (χ4n) is 2.98. The van der Waals surface area contributed by atoms with Crippen LogP contribution >= 0.6 is 0 Å². The minimum atomic E-state index is -0.142. The van der Waals surface area contributed by atoms with Crippen LogP contribution in [0.4, 0.5) is 0 Å². The van der Waals surface area contributed by atoms with Gasteiger partial charge < -0.3 is 9.88 Å². The minimum absolute atomic E-state index is 0.142. The molecule has 27 heavy (non-hydrogen) atoms. The third-order valence-corrected chi connectivity index (χ3v) is 4.57. The average Bonchev–Trinajstić information content (AvgIpc) is 3.38. The van der Waals surface area contributed by atoms with Gasteiger partial charge in [0.25, 0.3) is 5.91 Å². The molecule has 4 aromatic rings. The van der Waals surface area contributed by atoms with Gasteiger partial charge in [-0.2, -0.15) is 0 Å². The molecule has 4 rings (SSSR count). The Morgan fingerprint density at radius 2 is 2.04 bits per heavy atom. The zero-order chi connectivity index (χ0) is 18.6. The number of nitrogens with one attached hydrogen (secondary N) is 1. The molecule has 3 aromatic heterocycles. The maximum Gasteiger partial charge on any atom is 0.252 e. The lowest BCUT2D eigenvalue weighted by atomic mass is 10.2. The predicted molar refractivity (Wildman–Crippen MR) is 103 cm³/mol. The van der Waals surface area contributed by atoms with Crippen molar-refractivity contribution in [2.45, 2.75) is 19.4 Å². The van der Waals surface area contributed by atoms with Gasteiger partial charge in [0, 0.05) is 36.9 Å². The lowest BCUT2D eigenvalue weighted by Crippen LogP contribution is -2.26. The number of nitrogens with zero attached hydrogens (tertiary/aromatic N) is 5. The molecule has 0 saturated carbocycles. The zero-order valence-electron chi connectivity index (χ0n) is 15.0. The molecule has 1 aromatic carbocycles. The highest BCUT2D eigenvalue weighted by Gasteiger charge is 2.12. The van der Waals surface area contributed by atoms with Gasteiger partial charge in [0.1, 0.15) is 11.8 Å². The molecule has 3 heterocycles.